The summed E-state index contributed by atoms with van der Waals surface area (Å²) in [5.41, 5.74) is 1.84. The molecule has 0 heterocycles. The molecule has 0 saturated heterocycles. The molecule has 2 N–H and O–H groups in total. The monoisotopic (exact) mass is 321 g/mol. The van der Waals surface area contributed by atoms with Crippen LogP contribution in [0.3, 0.4) is 0 Å². The molecular formula is C16H19NO4S. The van der Waals surface area contributed by atoms with Crippen LogP contribution in [0.1, 0.15) is 17.2 Å². The van der Waals surface area contributed by atoms with Crippen LogP contribution >= 0.6 is 0 Å². The van der Waals surface area contributed by atoms with E-state index < -0.39 is 16.2 Å². The standard InChI is InChI=1S/C16H19NO4S/c1-22(19,20)21-15-9-7-14(8-10-15)16(18)12-17-11-13-5-3-2-4-6-13/h2-10,16-18H,11-12H2,1H3. The number of hydrogen-bond donors (Lipinski definition) is 2. The molecule has 0 aromatic heterocycles. The van der Waals surface area contributed by atoms with Crippen LogP contribution in [0.4, 0.5) is 0 Å². The zero-order valence-electron chi connectivity index (χ0n) is 12.3. The molecule has 0 radical (unpaired) electrons. The number of nitrogens with one attached hydrogen (secondary N) is 1. The highest BCUT2D eigenvalue weighted by Gasteiger charge is 2.09. The summed E-state index contributed by atoms with van der Waals surface area (Å²) in [6.07, 6.45) is 0.319. The predicted molar refractivity (Wildman–Crippen MR) is 85.0 cm³/mol. The molecule has 0 bridgehead atoms. The van der Waals surface area contributed by atoms with E-state index >= 15 is 0 Å². The van der Waals surface area contributed by atoms with Gasteiger partial charge in [0.15, 0.2) is 0 Å². The third-order valence-electron chi connectivity index (χ3n) is 3.02. The molecule has 118 valence electrons. The quantitative estimate of drug-likeness (QED) is 0.761. The van der Waals surface area contributed by atoms with Crippen molar-refractivity contribution in [1.29, 1.82) is 0 Å². The summed E-state index contributed by atoms with van der Waals surface area (Å²) in [7, 11) is -3.53. The normalized spacial score (nSPS) is 12.8. The van der Waals surface area contributed by atoms with Crippen LogP contribution in [0.15, 0.2) is 54.6 Å². The summed E-state index contributed by atoms with van der Waals surface area (Å²) in [4.78, 5) is 0. The van der Waals surface area contributed by atoms with Gasteiger partial charge in [0.05, 0.1) is 12.4 Å². The number of hydrogen-bond acceptors (Lipinski definition) is 5. The zero-order valence-corrected chi connectivity index (χ0v) is 13.1. The van der Waals surface area contributed by atoms with Crippen LogP contribution < -0.4 is 9.50 Å². The Bertz CT molecular complexity index is 684. The second-order valence-corrected chi connectivity index (χ2v) is 6.56. The minimum Gasteiger partial charge on any atom is -0.387 e. The lowest BCUT2D eigenvalue weighted by molar-refractivity contribution is 0.174. The molecule has 0 amide bonds. The smallest absolute Gasteiger partial charge is 0.306 e. The average Bonchev–Trinajstić information content (AvgIpc) is 2.47. The highest BCUT2D eigenvalue weighted by molar-refractivity contribution is 7.86. The van der Waals surface area contributed by atoms with E-state index in [1.165, 1.54) is 12.1 Å². The summed E-state index contributed by atoms with van der Waals surface area (Å²) >= 11 is 0. The van der Waals surface area contributed by atoms with E-state index in [1.807, 2.05) is 30.3 Å². The van der Waals surface area contributed by atoms with Crippen molar-refractivity contribution in [3.63, 3.8) is 0 Å². The van der Waals surface area contributed by atoms with Gasteiger partial charge >= 0.3 is 10.1 Å². The van der Waals surface area contributed by atoms with Crippen LogP contribution in [0.2, 0.25) is 0 Å². The fraction of sp³-hybridized carbons (Fsp3) is 0.250. The molecule has 2 aromatic rings. The molecule has 0 fully saturated rings. The second kappa shape index (κ2) is 7.40. The van der Waals surface area contributed by atoms with Crippen LogP contribution in [0, 0.1) is 0 Å². The summed E-state index contributed by atoms with van der Waals surface area (Å²) < 4.78 is 26.8. The molecule has 0 saturated carbocycles. The maximum Gasteiger partial charge on any atom is 0.306 e. The third kappa shape index (κ3) is 5.48. The third-order valence-corrected chi connectivity index (χ3v) is 3.52. The van der Waals surface area contributed by atoms with E-state index in [-0.39, 0.29) is 5.75 Å². The molecule has 1 atom stereocenters. The van der Waals surface area contributed by atoms with Crippen molar-refractivity contribution in [2.24, 2.45) is 0 Å². The molecule has 0 aliphatic rings. The largest absolute Gasteiger partial charge is 0.387 e. The Labute approximate surface area is 130 Å². The van der Waals surface area contributed by atoms with Gasteiger partial charge in [0, 0.05) is 13.1 Å². The van der Waals surface area contributed by atoms with Crippen LogP contribution in [-0.4, -0.2) is 26.3 Å². The molecule has 2 aromatic carbocycles. The van der Waals surface area contributed by atoms with Crippen molar-refractivity contribution in [3.8, 4) is 5.75 Å². The predicted octanol–water partition coefficient (Wildman–Crippen LogP) is 1.85. The van der Waals surface area contributed by atoms with Crippen LogP contribution in [0.25, 0.3) is 0 Å². The number of aliphatic hydroxyl groups is 1. The van der Waals surface area contributed by atoms with Crippen LogP contribution in [-0.2, 0) is 16.7 Å². The van der Waals surface area contributed by atoms with Crippen molar-refractivity contribution >= 4 is 10.1 Å². The number of benzene rings is 2. The van der Waals surface area contributed by atoms with Gasteiger partial charge in [-0.05, 0) is 23.3 Å². The lowest BCUT2D eigenvalue weighted by Gasteiger charge is -2.13. The van der Waals surface area contributed by atoms with Gasteiger partial charge in [-0.25, -0.2) is 0 Å². The second-order valence-electron chi connectivity index (χ2n) is 4.99. The molecule has 6 heteroatoms. The summed E-state index contributed by atoms with van der Waals surface area (Å²) in [5, 5.41) is 13.3. The lowest BCUT2D eigenvalue weighted by atomic mass is 10.1. The maximum absolute atomic E-state index is 11.0. The van der Waals surface area contributed by atoms with E-state index in [0.717, 1.165) is 11.8 Å². The summed E-state index contributed by atoms with van der Waals surface area (Å²) in [6.45, 7) is 1.08. The van der Waals surface area contributed by atoms with Gasteiger partial charge in [0.2, 0.25) is 0 Å². The van der Waals surface area contributed by atoms with Gasteiger partial charge in [0.1, 0.15) is 5.75 Å². The first kappa shape index (κ1) is 16.5. The van der Waals surface area contributed by atoms with Gasteiger partial charge in [0.25, 0.3) is 0 Å². The van der Waals surface area contributed by atoms with Gasteiger partial charge in [-0.2, -0.15) is 8.42 Å². The van der Waals surface area contributed by atoms with Crippen LogP contribution in [0.5, 0.6) is 5.75 Å². The first-order chi connectivity index (χ1) is 10.4. The average molecular weight is 321 g/mol. The lowest BCUT2D eigenvalue weighted by Crippen LogP contribution is -2.21. The molecule has 22 heavy (non-hydrogen) atoms. The first-order valence-electron chi connectivity index (χ1n) is 6.86. The van der Waals surface area contributed by atoms with Crippen molar-refractivity contribution in [2.45, 2.75) is 12.6 Å². The summed E-state index contributed by atoms with van der Waals surface area (Å²) in [6, 6.07) is 16.3. The molecule has 0 spiro atoms. The highest BCUT2D eigenvalue weighted by Crippen LogP contribution is 2.18. The SMILES string of the molecule is CS(=O)(=O)Oc1ccc(C(O)CNCc2ccccc2)cc1. The Morgan fingerprint density at radius 1 is 1.09 bits per heavy atom. The Hall–Kier alpha value is -1.89. The molecule has 2 rings (SSSR count). The highest BCUT2D eigenvalue weighted by atomic mass is 32.2. The van der Waals surface area contributed by atoms with Gasteiger partial charge in [-0.15, -0.1) is 0 Å². The molecule has 5 nitrogen and oxygen atoms in total. The van der Waals surface area contributed by atoms with Crippen molar-refractivity contribution in [2.75, 3.05) is 12.8 Å². The number of rotatable bonds is 7. The Morgan fingerprint density at radius 2 is 1.73 bits per heavy atom. The van der Waals surface area contributed by atoms with E-state index in [4.69, 9.17) is 4.18 Å². The first-order valence-corrected chi connectivity index (χ1v) is 8.68. The van der Waals surface area contributed by atoms with Crippen molar-refractivity contribution < 1.29 is 17.7 Å². The Morgan fingerprint density at radius 3 is 2.32 bits per heavy atom. The van der Waals surface area contributed by atoms with Crippen molar-refractivity contribution in [1.82, 2.24) is 5.32 Å². The molecule has 1 unspecified atom stereocenters. The minimum atomic E-state index is -3.53. The Kier molecular flexibility index (Phi) is 5.54. The van der Waals surface area contributed by atoms with Crippen molar-refractivity contribution in [3.05, 3.63) is 65.7 Å². The van der Waals surface area contributed by atoms with Gasteiger partial charge < -0.3 is 14.6 Å². The topological polar surface area (TPSA) is 75.6 Å². The van der Waals surface area contributed by atoms with E-state index in [9.17, 15) is 13.5 Å². The Balaban J connectivity index is 1.86. The molecular weight excluding hydrogens is 302 g/mol. The fourth-order valence-corrected chi connectivity index (χ4v) is 2.45. The maximum atomic E-state index is 11.0. The minimum absolute atomic E-state index is 0.232. The summed E-state index contributed by atoms with van der Waals surface area (Å²) in [5.74, 6) is 0.232. The molecule has 0 aliphatic carbocycles. The van der Waals surface area contributed by atoms with E-state index in [2.05, 4.69) is 5.32 Å². The zero-order chi connectivity index (χ0) is 16.0. The van der Waals surface area contributed by atoms with Gasteiger partial charge in [-0.1, -0.05) is 42.5 Å². The number of aliphatic hydroxyl groups excluding tert-OH is 1. The van der Waals surface area contributed by atoms with Gasteiger partial charge in [-0.3, -0.25) is 0 Å². The fourth-order valence-electron chi connectivity index (χ4n) is 1.99. The molecule has 0 aliphatic heterocycles. The van der Waals surface area contributed by atoms with E-state index in [0.29, 0.717) is 18.7 Å². The van der Waals surface area contributed by atoms with E-state index in [1.54, 1.807) is 12.1 Å².